The number of aromatic nitrogens is 1. The number of hydrogen-bond acceptors (Lipinski definition) is 4. The average Bonchev–Trinajstić information content (AvgIpc) is 3.38. The topological polar surface area (TPSA) is 68.9 Å². The van der Waals surface area contributed by atoms with Crippen molar-refractivity contribution < 1.29 is 14.3 Å². The molecule has 32 heavy (non-hydrogen) atoms. The van der Waals surface area contributed by atoms with Gasteiger partial charge in [-0.05, 0) is 49.8 Å². The zero-order valence-electron chi connectivity index (χ0n) is 19.0. The minimum Gasteiger partial charge on any atom is -0.378 e. The van der Waals surface area contributed by atoms with Gasteiger partial charge >= 0.3 is 0 Å². The van der Waals surface area contributed by atoms with E-state index in [9.17, 15) is 9.59 Å². The number of piperidine rings is 1. The number of likely N-dealkylation sites (tertiary alicyclic amines) is 2. The smallest absolute Gasteiger partial charge is 0.240 e. The highest BCUT2D eigenvalue weighted by atomic mass is 16.5. The van der Waals surface area contributed by atoms with Crippen LogP contribution in [0.5, 0.6) is 0 Å². The Morgan fingerprint density at radius 2 is 1.84 bits per heavy atom. The maximum Gasteiger partial charge on any atom is 0.240 e. The fourth-order valence-electron chi connectivity index (χ4n) is 5.87. The van der Waals surface area contributed by atoms with Crippen molar-refractivity contribution in [3.8, 4) is 0 Å². The maximum absolute atomic E-state index is 13.1. The van der Waals surface area contributed by atoms with Crippen molar-refractivity contribution in [2.75, 3.05) is 53.0 Å². The number of rotatable bonds is 4. The van der Waals surface area contributed by atoms with E-state index in [2.05, 4.69) is 29.1 Å². The third-order valence-electron chi connectivity index (χ3n) is 7.81. The molecule has 0 bridgehead atoms. The molecule has 3 aliphatic rings. The summed E-state index contributed by atoms with van der Waals surface area (Å²) >= 11 is 0. The lowest BCUT2D eigenvalue weighted by Crippen LogP contribution is -2.48. The molecule has 5 rings (SSSR count). The molecular formula is C25H34N4O3. The fourth-order valence-corrected chi connectivity index (χ4v) is 5.87. The largest absolute Gasteiger partial charge is 0.378 e. The molecular weight excluding hydrogens is 404 g/mol. The summed E-state index contributed by atoms with van der Waals surface area (Å²) in [6, 6.07) is 8.22. The minimum atomic E-state index is -0.0303. The van der Waals surface area contributed by atoms with E-state index < -0.39 is 0 Å². The number of H-pyrrole nitrogens is 1. The molecule has 1 aromatic carbocycles. The van der Waals surface area contributed by atoms with E-state index in [1.165, 1.54) is 10.9 Å². The van der Waals surface area contributed by atoms with Crippen molar-refractivity contribution in [3.05, 3.63) is 36.0 Å². The number of aromatic amines is 1. The summed E-state index contributed by atoms with van der Waals surface area (Å²) < 4.78 is 5.40. The second-order valence-electron chi connectivity index (χ2n) is 9.81. The van der Waals surface area contributed by atoms with Gasteiger partial charge < -0.3 is 19.5 Å². The molecule has 7 heteroatoms. The maximum atomic E-state index is 13.1. The quantitative estimate of drug-likeness (QED) is 0.795. The number of aryl methyl sites for hydroxylation is 1. The molecule has 2 amide bonds. The Hall–Kier alpha value is -2.38. The zero-order chi connectivity index (χ0) is 22.1. The number of likely N-dealkylation sites (N-methyl/N-ethyl adjacent to an activating group) is 1. The van der Waals surface area contributed by atoms with Gasteiger partial charge in [-0.3, -0.25) is 14.5 Å². The lowest BCUT2D eigenvalue weighted by atomic mass is 9.76. The molecule has 1 N–H and O–H groups in total. The Bertz CT molecular complexity index is 972. The van der Waals surface area contributed by atoms with Gasteiger partial charge in [0.15, 0.2) is 0 Å². The van der Waals surface area contributed by atoms with Crippen LogP contribution in [0, 0.1) is 5.41 Å². The monoisotopic (exact) mass is 438 g/mol. The number of carbonyl (C=O) groups excluding carboxylic acids is 2. The Morgan fingerprint density at radius 3 is 2.62 bits per heavy atom. The van der Waals surface area contributed by atoms with Crippen LogP contribution >= 0.6 is 0 Å². The summed E-state index contributed by atoms with van der Waals surface area (Å²) in [5, 5.41) is 1.21. The molecule has 3 saturated heterocycles. The van der Waals surface area contributed by atoms with Crippen molar-refractivity contribution in [2.45, 2.75) is 38.1 Å². The van der Waals surface area contributed by atoms with Crippen LogP contribution < -0.4 is 0 Å². The third-order valence-corrected chi connectivity index (χ3v) is 7.81. The first-order valence-electron chi connectivity index (χ1n) is 11.9. The number of benzene rings is 1. The van der Waals surface area contributed by atoms with Gasteiger partial charge in [-0.25, -0.2) is 0 Å². The Morgan fingerprint density at radius 1 is 1.09 bits per heavy atom. The average molecular weight is 439 g/mol. The summed E-state index contributed by atoms with van der Waals surface area (Å²) in [5.74, 6) is 0.502. The van der Waals surface area contributed by atoms with Crippen molar-refractivity contribution >= 4 is 22.7 Å². The highest BCUT2D eigenvalue weighted by molar-refractivity contribution is 5.84. The molecule has 172 valence electrons. The number of hydrogen-bond donors (Lipinski definition) is 1. The molecule has 0 aliphatic carbocycles. The van der Waals surface area contributed by atoms with E-state index in [0.29, 0.717) is 32.7 Å². The first kappa shape index (κ1) is 21.5. The van der Waals surface area contributed by atoms with Crippen LogP contribution in [0.1, 0.15) is 31.2 Å². The summed E-state index contributed by atoms with van der Waals surface area (Å²) in [4.78, 5) is 35.5. The molecule has 3 aliphatic heterocycles. The van der Waals surface area contributed by atoms with Gasteiger partial charge in [0.2, 0.25) is 11.8 Å². The van der Waals surface area contributed by atoms with Crippen molar-refractivity contribution in [1.82, 2.24) is 19.7 Å². The summed E-state index contributed by atoms with van der Waals surface area (Å²) in [7, 11) is 2.08. The molecule has 2 aromatic rings. The van der Waals surface area contributed by atoms with Gasteiger partial charge in [0.05, 0.1) is 19.3 Å². The van der Waals surface area contributed by atoms with E-state index in [1.807, 2.05) is 28.1 Å². The Labute approximate surface area is 189 Å². The highest BCUT2D eigenvalue weighted by Crippen LogP contribution is 2.43. The standard InChI is InChI=1S/C25H34N4O3/c1-27-18-25(16-22(27)24(31)29-12-14-32-15-13-29)8-10-28(11-9-25)23(30)7-6-19-17-26-21-5-3-2-4-20(19)21/h2-5,17,22,26H,6-16,18H2,1H3. The van der Waals surface area contributed by atoms with Crippen LogP contribution in [-0.2, 0) is 20.7 Å². The van der Waals surface area contributed by atoms with Gasteiger partial charge in [-0.15, -0.1) is 0 Å². The van der Waals surface area contributed by atoms with Crippen LogP contribution in [0.3, 0.4) is 0 Å². The Balaban J connectivity index is 1.14. The predicted octanol–water partition coefficient (Wildman–Crippen LogP) is 2.27. The van der Waals surface area contributed by atoms with E-state index in [1.54, 1.807) is 0 Å². The fraction of sp³-hybridized carbons (Fsp3) is 0.600. The molecule has 1 atom stereocenters. The second kappa shape index (κ2) is 8.87. The van der Waals surface area contributed by atoms with Crippen LogP contribution in [0.4, 0.5) is 0 Å². The lowest BCUT2D eigenvalue weighted by molar-refractivity contribution is -0.140. The van der Waals surface area contributed by atoms with Crippen molar-refractivity contribution in [3.63, 3.8) is 0 Å². The van der Waals surface area contributed by atoms with E-state index in [4.69, 9.17) is 4.74 Å². The summed E-state index contributed by atoms with van der Waals surface area (Å²) in [5.41, 5.74) is 2.50. The van der Waals surface area contributed by atoms with Gasteiger partial charge in [0, 0.05) is 56.2 Å². The SMILES string of the molecule is CN1CC2(CCN(C(=O)CCc3c[nH]c4ccccc34)CC2)CC1C(=O)N1CCOCC1. The summed E-state index contributed by atoms with van der Waals surface area (Å²) in [6.07, 6.45) is 6.24. The zero-order valence-corrected chi connectivity index (χ0v) is 19.0. The van der Waals surface area contributed by atoms with Gasteiger partial charge in [0.1, 0.15) is 0 Å². The lowest BCUT2D eigenvalue weighted by Gasteiger charge is -2.39. The second-order valence-corrected chi connectivity index (χ2v) is 9.81. The van der Waals surface area contributed by atoms with Crippen molar-refractivity contribution in [1.29, 1.82) is 0 Å². The number of nitrogens with one attached hydrogen (secondary N) is 1. The van der Waals surface area contributed by atoms with Crippen LogP contribution in [-0.4, -0.2) is 90.5 Å². The summed E-state index contributed by atoms with van der Waals surface area (Å²) in [6.45, 7) is 5.25. The number of carbonyl (C=O) groups is 2. The van der Waals surface area contributed by atoms with E-state index in [0.717, 1.165) is 50.8 Å². The van der Waals surface area contributed by atoms with Crippen LogP contribution in [0.25, 0.3) is 10.9 Å². The van der Waals surface area contributed by atoms with Gasteiger partial charge in [0.25, 0.3) is 0 Å². The normalized spacial score (nSPS) is 23.8. The molecule has 0 saturated carbocycles. The molecule has 7 nitrogen and oxygen atoms in total. The molecule has 1 spiro atoms. The molecule has 4 heterocycles. The molecule has 0 radical (unpaired) electrons. The van der Waals surface area contributed by atoms with Gasteiger partial charge in [-0.2, -0.15) is 0 Å². The van der Waals surface area contributed by atoms with Gasteiger partial charge in [-0.1, -0.05) is 18.2 Å². The first-order valence-corrected chi connectivity index (χ1v) is 11.9. The molecule has 1 aromatic heterocycles. The number of fused-ring (bicyclic) bond motifs is 1. The minimum absolute atomic E-state index is 0.0303. The number of ether oxygens (including phenoxy) is 1. The molecule has 3 fully saturated rings. The van der Waals surface area contributed by atoms with E-state index in [-0.39, 0.29) is 23.3 Å². The number of nitrogens with zero attached hydrogens (tertiary/aromatic N) is 3. The van der Waals surface area contributed by atoms with Crippen molar-refractivity contribution in [2.24, 2.45) is 5.41 Å². The number of amides is 2. The first-order chi connectivity index (χ1) is 15.5. The third kappa shape index (κ3) is 4.16. The highest BCUT2D eigenvalue weighted by Gasteiger charge is 2.47. The number of para-hydroxylation sites is 1. The Kier molecular flexibility index (Phi) is 5.95. The molecule has 1 unspecified atom stereocenters. The predicted molar refractivity (Wildman–Crippen MR) is 123 cm³/mol. The van der Waals surface area contributed by atoms with Crippen LogP contribution in [0.2, 0.25) is 0 Å². The van der Waals surface area contributed by atoms with E-state index >= 15 is 0 Å². The number of morpholine rings is 1. The van der Waals surface area contributed by atoms with Crippen LogP contribution in [0.15, 0.2) is 30.5 Å².